The Balaban J connectivity index is 2.30. The average molecular weight is 449 g/mol. The highest BCUT2D eigenvalue weighted by molar-refractivity contribution is 7.89. The first-order valence-electron chi connectivity index (χ1n) is 8.19. The van der Waals surface area contributed by atoms with Crippen LogP contribution in [0.2, 0.25) is 5.02 Å². The Morgan fingerprint density at radius 3 is 2.55 bits per heavy atom. The van der Waals surface area contributed by atoms with E-state index >= 15 is 0 Å². The van der Waals surface area contributed by atoms with Gasteiger partial charge in [0.15, 0.2) is 0 Å². The first-order chi connectivity index (χ1) is 13.3. The predicted molar refractivity (Wildman–Crippen MR) is 98.8 cm³/mol. The van der Waals surface area contributed by atoms with Crippen LogP contribution in [0.25, 0.3) is 0 Å². The van der Waals surface area contributed by atoms with Crippen molar-refractivity contribution in [1.29, 1.82) is 0 Å². The molecule has 12 nitrogen and oxygen atoms in total. The summed E-state index contributed by atoms with van der Waals surface area (Å²) in [6.07, 6.45) is 0.771. The predicted octanol–water partition coefficient (Wildman–Crippen LogP) is 0.0895. The Morgan fingerprint density at radius 2 is 2.03 bits per heavy atom. The molecular formula is C15H17ClN4O8S. The zero-order chi connectivity index (χ0) is 22.1. The molecule has 1 fully saturated rings. The third-order valence-electron chi connectivity index (χ3n) is 4.32. The van der Waals surface area contributed by atoms with Gasteiger partial charge in [0.1, 0.15) is 22.0 Å². The topological polar surface area (TPSA) is 190 Å². The van der Waals surface area contributed by atoms with Crippen molar-refractivity contribution in [2.75, 3.05) is 6.54 Å². The molecular weight excluding hydrogens is 432 g/mol. The molecule has 1 aliphatic heterocycles. The Kier molecular flexibility index (Phi) is 6.45. The van der Waals surface area contributed by atoms with Crippen LogP contribution in [0.4, 0.5) is 5.69 Å². The van der Waals surface area contributed by atoms with Gasteiger partial charge < -0.3 is 15.3 Å². The number of nitro benzene ring substituents is 1. The molecule has 2 amide bonds. The van der Waals surface area contributed by atoms with Crippen molar-refractivity contribution in [3.8, 4) is 0 Å². The van der Waals surface area contributed by atoms with Gasteiger partial charge in [-0.3, -0.25) is 19.7 Å². The lowest BCUT2D eigenvalue weighted by atomic mass is 10.1. The number of likely N-dealkylation sites (tertiary alicyclic amines) is 1. The number of hydrogen-bond donors (Lipinski definition) is 3. The second kappa shape index (κ2) is 8.31. The molecule has 0 unspecified atom stereocenters. The molecule has 158 valence electrons. The van der Waals surface area contributed by atoms with Crippen LogP contribution in [0.1, 0.15) is 30.1 Å². The SMILES string of the molecule is C[C@H](NC(=O)c1cc([N+](=O)[O-])c(Cl)c(S(N)(=O)=O)c1)C(=O)N1CCC[C@H]1C(=O)O. The average Bonchev–Trinajstić information content (AvgIpc) is 3.09. The lowest BCUT2D eigenvalue weighted by Crippen LogP contribution is -2.50. The molecule has 0 saturated carbocycles. The van der Waals surface area contributed by atoms with E-state index in [2.05, 4.69) is 5.32 Å². The fourth-order valence-electron chi connectivity index (χ4n) is 2.93. The van der Waals surface area contributed by atoms with E-state index in [0.29, 0.717) is 6.42 Å². The maximum atomic E-state index is 12.5. The molecule has 0 aliphatic carbocycles. The highest BCUT2D eigenvalue weighted by Gasteiger charge is 2.36. The molecule has 0 spiro atoms. The summed E-state index contributed by atoms with van der Waals surface area (Å²) in [5.41, 5.74) is -1.31. The van der Waals surface area contributed by atoms with Gasteiger partial charge in [-0.25, -0.2) is 18.4 Å². The molecule has 2 atom stereocenters. The third-order valence-corrected chi connectivity index (χ3v) is 5.77. The summed E-state index contributed by atoms with van der Waals surface area (Å²) in [5.74, 6) is -2.82. The highest BCUT2D eigenvalue weighted by atomic mass is 35.5. The second-order valence-corrected chi connectivity index (χ2v) is 8.24. The number of primary sulfonamides is 1. The highest BCUT2D eigenvalue weighted by Crippen LogP contribution is 2.32. The number of hydrogen-bond acceptors (Lipinski definition) is 7. The minimum absolute atomic E-state index is 0.206. The number of rotatable bonds is 6. The number of carboxylic acids is 1. The molecule has 1 aliphatic rings. The summed E-state index contributed by atoms with van der Waals surface area (Å²) < 4.78 is 23.3. The number of nitro groups is 1. The van der Waals surface area contributed by atoms with Crippen LogP contribution in [0.3, 0.4) is 0 Å². The summed E-state index contributed by atoms with van der Waals surface area (Å²) in [7, 11) is -4.48. The van der Waals surface area contributed by atoms with E-state index in [0.717, 1.165) is 17.0 Å². The van der Waals surface area contributed by atoms with Crippen molar-refractivity contribution < 1.29 is 32.8 Å². The van der Waals surface area contributed by atoms with E-state index in [1.54, 1.807) is 0 Å². The smallest absolute Gasteiger partial charge is 0.326 e. The first-order valence-corrected chi connectivity index (χ1v) is 10.1. The van der Waals surface area contributed by atoms with Crippen molar-refractivity contribution in [3.63, 3.8) is 0 Å². The van der Waals surface area contributed by atoms with Gasteiger partial charge in [-0.1, -0.05) is 11.6 Å². The zero-order valence-corrected chi connectivity index (χ0v) is 16.6. The number of amides is 2. The molecule has 0 aromatic heterocycles. The van der Waals surface area contributed by atoms with E-state index in [4.69, 9.17) is 21.8 Å². The Hall–Kier alpha value is -2.77. The number of sulfonamides is 1. The summed E-state index contributed by atoms with van der Waals surface area (Å²) in [4.78, 5) is 46.6. The number of nitrogens with two attached hydrogens (primary N) is 1. The number of aliphatic carboxylic acids is 1. The molecule has 1 heterocycles. The standard InChI is InChI=1S/C15H17ClN4O8S/c1-7(14(22)19-4-2-3-9(19)15(23)24)18-13(21)8-5-10(20(25)26)12(16)11(6-8)29(17,27)28/h5-7,9H,2-4H2,1H3,(H,18,21)(H,23,24)(H2,17,27,28)/t7-,9-/m0/s1. The molecule has 1 saturated heterocycles. The summed E-state index contributed by atoms with van der Waals surface area (Å²) in [6.45, 7) is 1.51. The van der Waals surface area contributed by atoms with Crippen LogP contribution in [0.5, 0.6) is 0 Å². The van der Waals surface area contributed by atoms with Crippen molar-refractivity contribution in [1.82, 2.24) is 10.2 Å². The fraction of sp³-hybridized carbons (Fsp3) is 0.400. The molecule has 1 aromatic rings. The second-order valence-electron chi connectivity index (χ2n) is 6.33. The summed E-state index contributed by atoms with van der Waals surface area (Å²) in [5, 5.41) is 26.8. The summed E-state index contributed by atoms with van der Waals surface area (Å²) >= 11 is 5.70. The Bertz CT molecular complexity index is 996. The van der Waals surface area contributed by atoms with Gasteiger partial charge in [0, 0.05) is 18.2 Å². The monoisotopic (exact) mass is 448 g/mol. The van der Waals surface area contributed by atoms with Gasteiger partial charge in [-0.05, 0) is 25.8 Å². The first kappa shape index (κ1) is 22.5. The quantitative estimate of drug-likeness (QED) is 0.402. The number of halogens is 1. The van der Waals surface area contributed by atoms with Gasteiger partial charge >= 0.3 is 5.97 Å². The Labute approximate surface area is 169 Å². The van der Waals surface area contributed by atoms with Crippen molar-refractivity contribution >= 4 is 45.1 Å². The molecule has 0 radical (unpaired) electrons. The number of nitrogens with zero attached hydrogens (tertiary/aromatic N) is 2. The van der Waals surface area contributed by atoms with E-state index in [-0.39, 0.29) is 13.0 Å². The normalized spacial score (nSPS) is 17.6. The maximum absolute atomic E-state index is 12.5. The van der Waals surface area contributed by atoms with Crippen LogP contribution in [-0.2, 0) is 19.6 Å². The van der Waals surface area contributed by atoms with E-state index < -0.39 is 66.0 Å². The van der Waals surface area contributed by atoms with Crippen LogP contribution < -0.4 is 10.5 Å². The maximum Gasteiger partial charge on any atom is 0.326 e. The lowest BCUT2D eigenvalue weighted by molar-refractivity contribution is -0.384. The largest absolute Gasteiger partial charge is 0.480 e. The zero-order valence-electron chi connectivity index (χ0n) is 15.0. The molecule has 1 aromatic carbocycles. The van der Waals surface area contributed by atoms with Crippen LogP contribution >= 0.6 is 11.6 Å². The number of nitrogens with one attached hydrogen (secondary N) is 1. The van der Waals surface area contributed by atoms with Gasteiger partial charge in [-0.15, -0.1) is 0 Å². The molecule has 14 heteroatoms. The molecule has 2 rings (SSSR count). The van der Waals surface area contributed by atoms with Crippen molar-refractivity contribution in [2.24, 2.45) is 5.14 Å². The van der Waals surface area contributed by atoms with Gasteiger partial charge in [-0.2, -0.15) is 0 Å². The summed E-state index contributed by atoms with van der Waals surface area (Å²) in [6, 6.07) is -0.672. The molecule has 0 bridgehead atoms. The van der Waals surface area contributed by atoms with Crippen molar-refractivity contribution in [3.05, 3.63) is 32.8 Å². The van der Waals surface area contributed by atoms with Gasteiger partial charge in [0.2, 0.25) is 15.9 Å². The van der Waals surface area contributed by atoms with E-state index in [9.17, 15) is 32.9 Å². The minimum atomic E-state index is -4.48. The molecule has 4 N–H and O–H groups in total. The number of benzene rings is 1. The number of carboxylic acid groups (broad SMARTS) is 1. The Morgan fingerprint density at radius 1 is 1.41 bits per heavy atom. The van der Waals surface area contributed by atoms with Crippen molar-refractivity contribution in [2.45, 2.75) is 36.7 Å². The fourth-order valence-corrected chi connectivity index (χ4v) is 4.08. The lowest BCUT2D eigenvalue weighted by Gasteiger charge is -2.25. The minimum Gasteiger partial charge on any atom is -0.480 e. The molecule has 29 heavy (non-hydrogen) atoms. The van der Waals surface area contributed by atoms with Gasteiger partial charge in [0.25, 0.3) is 11.6 Å². The number of carbonyl (C=O) groups is 3. The van der Waals surface area contributed by atoms with Gasteiger partial charge in [0.05, 0.1) is 4.92 Å². The van der Waals surface area contributed by atoms with Crippen LogP contribution in [0.15, 0.2) is 17.0 Å². The number of carbonyl (C=O) groups excluding carboxylic acids is 2. The van der Waals surface area contributed by atoms with Crippen LogP contribution in [0, 0.1) is 10.1 Å². The van der Waals surface area contributed by atoms with E-state index in [1.165, 1.54) is 6.92 Å². The van der Waals surface area contributed by atoms with E-state index in [1.807, 2.05) is 0 Å². The van der Waals surface area contributed by atoms with Crippen LogP contribution in [-0.4, -0.2) is 59.8 Å². The third kappa shape index (κ3) is 4.81.